The van der Waals surface area contributed by atoms with Crippen molar-refractivity contribution in [1.29, 1.82) is 0 Å². The lowest BCUT2D eigenvalue weighted by atomic mass is 9.88. The summed E-state index contributed by atoms with van der Waals surface area (Å²) in [7, 11) is 0. The third kappa shape index (κ3) is 6.90. The molecule has 3 atom stereocenters. The van der Waals surface area contributed by atoms with Gasteiger partial charge < -0.3 is 21.7 Å². The molecule has 1 aromatic rings. The molecule has 0 spiro atoms. The van der Waals surface area contributed by atoms with E-state index in [9.17, 15) is 23.8 Å². The van der Waals surface area contributed by atoms with Gasteiger partial charge in [-0.15, -0.1) is 0 Å². The molecule has 0 fully saturated rings. The second-order valence-electron chi connectivity index (χ2n) is 6.87. The highest BCUT2D eigenvalue weighted by Gasteiger charge is 2.26. The van der Waals surface area contributed by atoms with Crippen molar-refractivity contribution in [2.24, 2.45) is 17.4 Å². The minimum Gasteiger partial charge on any atom is -0.391 e. The van der Waals surface area contributed by atoms with Gasteiger partial charge in [0.15, 0.2) is 11.6 Å². The highest BCUT2D eigenvalue weighted by atomic mass is 19.2. The fourth-order valence-electron chi connectivity index (χ4n) is 2.44. The molecule has 5 nitrogen and oxygen atoms in total. The Morgan fingerprint density at radius 2 is 1.92 bits per heavy atom. The van der Waals surface area contributed by atoms with Gasteiger partial charge in [0.1, 0.15) is 0 Å². The van der Waals surface area contributed by atoms with Crippen LogP contribution in [0.3, 0.4) is 0 Å². The first kappa shape index (κ1) is 20.5. The molecule has 7 heteroatoms. The van der Waals surface area contributed by atoms with Crippen molar-refractivity contribution in [1.82, 2.24) is 0 Å². The molecule has 1 amide bonds. The van der Waals surface area contributed by atoms with E-state index in [1.54, 1.807) is 13.8 Å². The number of carbonyl (C=O) groups excluding carboxylic acids is 1. The van der Waals surface area contributed by atoms with Crippen LogP contribution in [0.4, 0.5) is 8.78 Å². The van der Waals surface area contributed by atoms with E-state index in [1.165, 1.54) is 6.07 Å². The molecule has 0 unspecified atom stereocenters. The Bertz CT molecular complexity index is 561. The standard InChI is InChI=1S/C17H26F2N2O3/c1-17(2,24)6-5-11(16(21)23)9-15(22)14(20)8-10-3-4-12(18)13(19)7-10/h3-4,7,11,14-15,22,24H,5-6,8-9,20H2,1-2H3,(H2,21,23)/t11-,14+,15+/m1/s1. The zero-order chi connectivity index (χ0) is 18.5. The van der Waals surface area contributed by atoms with Gasteiger partial charge in [-0.25, -0.2) is 8.78 Å². The molecule has 0 aromatic heterocycles. The predicted octanol–water partition coefficient (Wildman–Crippen LogP) is 1.24. The molecule has 6 N–H and O–H groups in total. The van der Waals surface area contributed by atoms with Crippen LogP contribution in [0.25, 0.3) is 0 Å². The van der Waals surface area contributed by atoms with Gasteiger partial charge in [0, 0.05) is 12.0 Å². The maximum absolute atomic E-state index is 13.2. The fraction of sp³-hybridized carbons (Fsp3) is 0.588. The van der Waals surface area contributed by atoms with E-state index in [1.807, 2.05) is 0 Å². The molecule has 0 saturated heterocycles. The summed E-state index contributed by atoms with van der Waals surface area (Å²) in [5.74, 6) is -3.12. The monoisotopic (exact) mass is 344 g/mol. The summed E-state index contributed by atoms with van der Waals surface area (Å²) < 4.78 is 26.1. The lowest BCUT2D eigenvalue weighted by molar-refractivity contribution is -0.123. The van der Waals surface area contributed by atoms with E-state index in [0.29, 0.717) is 18.4 Å². The molecule has 0 saturated carbocycles. The van der Waals surface area contributed by atoms with Gasteiger partial charge in [0.2, 0.25) is 5.91 Å². The van der Waals surface area contributed by atoms with Crippen LogP contribution in [0.2, 0.25) is 0 Å². The average Bonchev–Trinajstić information content (AvgIpc) is 2.45. The first-order valence-corrected chi connectivity index (χ1v) is 7.89. The Kier molecular flexibility index (Phi) is 7.26. The van der Waals surface area contributed by atoms with Crippen LogP contribution < -0.4 is 11.5 Å². The Morgan fingerprint density at radius 3 is 2.42 bits per heavy atom. The van der Waals surface area contributed by atoms with Crippen molar-refractivity contribution < 1.29 is 23.8 Å². The summed E-state index contributed by atoms with van der Waals surface area (Å²) in [6, 6.07) is 2.67. The number of carbonyl (C=O) groups is 1. The number of aliphatic hydroxyl groups excluding tert-OH is 1. The van der Waals surface area contributed by atoms with Gasteiger partial charge in [-0.1, -0.05) is 6.07 Å². The number of hydrogen-bond acceptors (Lipinski definition) is 4. The second kappa shape index (κ2) is 8.50. The second-order valence-corrected chi connectivity index (χ2v) is 6.87. The third-order valence-corrected chi connectivity index (χ3v) is 3.98. The zero-order valence-electron chi connectivity index (χ0n) is 14.0. The molecule has 136 valence electrons. The maximum Gasteiger partial charge on any atom is 0.220 e. The third-order valence-electron chi connectivity index (χ3n) is 3.98. The van der Waals surface area contributed by atoms with E-state index in [0.717, 1.165) is 12.1 Å². The van der Waals surface area contributed by atoms with E-state index in [-0.39, 0.29) is 12.8 Å². The van der Waals surface area contributed by atoms with E-state index in [2.05, 4.69) is 0 Å². The summed E-state index contributed by atoms with van der Waals surface area (Å²) in [5, 5.41) is 19.9. The van der Waals surface area contributed by atoms with Crippen LogP contribution >= 0.6 is 0 Å². The largest absolute Gasteiger partial charge is 0.391 e. The Morgan fingerprint density at radius 1 is 1.29 bits per heavy atom. The number of benzene rings is 1. The number of halogens is 2. The number of primary amides is 1. The van der Waals surface area contributed by atoms with Crippen LogP contribution in [-0.4, -0.2) is 33.9 Å². The van der Waals surface area contributed by atoms with E-state index >= 15 is 0 Å². The molecule has 0 bridgehead atoms. The van der Waals surface area contributed by atoms with Crippen molar-refractivity contribution >= 4 is 5.91 Å². The van der Waals surface area contributed by atoms with Crippen molar-refractivity contribution in [3.05, 3.63) is 35.4 Å². The van der Waals surface area contributed by atoms with E-state index < -0.39 is 41.2 Å². The number of nitrogens with two attached hydrogens (primary N) is 2. The molecule has 0 aliphatic heterocycles. The highest BCUT2D eigenvalue weighted by Crippen LogP contribution is 2.21. The average molecular weight is 344 g/mol. The molecular formula is C17H26F2N2O3. The van der Waals surface area contributed by atoms with Crippen molar-refractivity contribution in [3.63, 3.8) is 0 Å². The SMILES string of the molecule is CC(C)(O)CC[C@H](C[C@H](O)[C@@H](N)Cc1ccc(F)c(F)c1)C(N)=O. The summed E-state index contributed by atoms with van der Waals surface area (Å²) in [6.07, 6.45) is -0.164. The molecule has 0 radical (unpaired) electrons. The lowest BCUT2D eigenvalue weighted by Gasteiger charge is -2.25. The maximum atomic E-state index is 13.2. The normalized spacial score (nSPS) is 15.8. The summed E-state index contributed by atoms with van der Waals surface area (Å²) in [6.45, 7) is 3.24. The molecule has 1 aromatic carbocycles. The zero-order valence-corrected chi connectivity index (χ0v) is 14.0. The van der Waals surface area contributed by atoms with Crippen molar-refractivity contribution in [3.8, 4) is 0 Å². The fourth-order valence-corrected chi connectivity index (χ4v) is 2.44. The van der Waals surface area contributed by atoms with Gasteiger partial charge in [0.25, 0.3) is 0 Å². The number of amides is 1. The topological polar surface area (TPSA) is 110 Å². The quantitative estimate of drug-likeness (QED) is 0.540. The van der Waals surface area contributed by atoms with E-state index in [4.69, 9.17) is 11.5 Å². The van der Waals surface area contributed by atoms with Crippen LogP contribution in [0.15, 0.2) is 18.2 Å². The van der Waals surface area contributed by atoms with Crippen molar-refractivity contribution in [2.75, 3.05) is 0 Å². The van der Waals surface area contributed by atoms with Crippen LogP contribution in [0, 0.1) is 17.6 Å². The molecule has 0 heterocycles. The Hall–Kier alpha value is -1.57. The van der Waals surface area contributed by atoms with Crippen molar-refractivity contribution in [2.45, 2.75) is 57.3 Å². The van der Waals surface area contributed by atoms with Crippen LogP contribution in [0.5, 0.6) is 0 Å². The molecule has 0 aliphatic carbocycles. The molecular weight excluding hydrogens is 318 g/mol. The van der Waals surface area contributed by atoms with Gasteiger partial charge in [-0.2, -0.15) is 0 Å². The van der Waals surface area contributed by atoms with Crippen LogP contribution in [0.1, 0.15) is 38.7 Å². The minimum atomic E-state index is -1.03. The van der Waals surface area contributed by atoms with Gasteiger partial charge in [-0.05, 0) is 57.2 Å². The smallest absolute Gasteiger partial charge is 0.220 e. The first-order chi connectivity index (χ1) is 11.0. The number of rotatable bonds is 9. The lowest BCUT2D eigenvalue weighted by Crippen LogP contribution is -2.40. The summed E-state index contributed by atoms with van der Waals surface area (Å²) >= 11 is 0. The Balaban J connectivity index is 2.63. The van der Waals surface area contributed by atoms with Gasteiger partial charge in [-0.3, -0.25) is 4.79 Å². The first-order valence-electron chi connectivity index (χ1n) is 7.89. The summed E-state index contributed by atoms with van der Waals surface area (Å²) in [5.41, 5.74) is 10.8. The Labute approximate surface area is 140 Å². The number of hydrogen-bond donors (Lipinski definition) is 4. The molecule has 24 heavy (non-hydrogen) atoms. The molecule has 0 aliphatic rings. The molecule has 1 rings (SSSR count). The minimum absolute atomic E-state index is 0.0518. The van der Waals surface area contributed by atoms with Crippen LogP contribution in [-0.2, 0) is 11.2 Å². The number of aliphatic hydroxyl groups is 2. The van der Waals surface area contributed by atoms with Gasteiger partial charge in [0.05, 0.1) is 11.7 Å². The highest BCUT2D eigenvalue weighted by molar-refractivity contribution is 5.76. The predicted molar refractivity (Wildman–Crippen MR) is 86.9 cm³/mol. The van der Waals surface area contributed by atoms with Gasteiger partial charge >= 0.3 is 0 Å². The summed E-state index contributed by atoms with van der Waals surface area (Å²) in [4.78, 5) is 11.5.